The van der Waals surface area contributed by atoms with Gasteiger partial charge < -0.3 is 9.32 Å². The molecular formula is C50H24B9NO. The molecule has 1 aromatic heterocycles. The largest absolute Gasteiger partial charge is 0.455 e. The molecule has 0 aliphatic heterocycles. The first-order valence-electron chi connectivity index (χ1n) is 19.6. The first-order chi connectivity index (χ1) is 29.5. The zero-order valence-electron chi connectivity index (χ0n) is 32.9. The predicted octanol–water partition coefficient (Wildman–Crippen LogP) is 3.51. The Hall–Kier alpha value is -6.32. The van der Waals surface area contributed by atoms with E-state index in [0.717, 1.165) is 77.1 Å². The fraction of sp³-hybridized carbons (Fsp3) is 0. The van der Waals surface area contributed by atoms with Crippen LogP contribution < -0.4 is 54.1 Å². The Kier molecular flexibility index (Phi) is 9.55. The van der Waals surface area contributed by atoms with Gasteiger partial charge in [0.15, 0.2) is 0 Å². The molecule has 61 heavy (non-hydrogen) atoms. The lowest BCUT2D eigenvalue weighted by Gasteiger charge is -2.34. The Bertz CT molecular complexity index is 3370. The maximum absolute atomic E-state index is 7.09. The van der Waals surface area contributed by atoms with E-state index < -0.39 is 0 Å². The van der Waals surface area contributed by atoms with Crippen LogP contribution in [0.1, 0.15) is 0 Å². The van der Waals surface area contributed by atoms with Crippen molar-refractivity contribution in [1.29, 1.82) is 0 Å². The van der Waals surface area contributed by atoms with Gasteiger partial charge in [-0.1, -0.05) is 142 Å². The van der Waals surface area contributed by atoms with E-state index in [1.807, 2.05) is 65.6 Å². The fourth-order valence-electron chi connectivity index (χ4n) is 8.73. The highest BCUT2D eigenvalue weighted by molar-refractivity contribution is 6.71. The van der Waals surface area contributed by atoms with Crippen molar-refractivity contribution in [2.75, 3.05) is 4.90 Å². The number of hydrogen-bond acceptors (Lipinski definition) is 2. The third kappa shape index (κ3) is 6.15. The zero-order chi connectivity index (χ0) is 42.3. The highest BCUT2D eigenvalue weighted by Crippen LogP contribution is 2.42. The summed E-state index contributed by atoms with van der Waals surface area (Å²) in [6, 6.07) is 49.5. The minimum absolute atomic E-state index is 0.0417. The van der Waals surface area contributed by atoms with E-state index in [-0.39, 0.29) is 60.3 Å². The van der Waals surface area contributed by atoms with Crippen LogP contribution in [0.4, 0.5) is 17.1 Å². The van der Waals surface area contributed by atoms with Crippen LogP contribution in [0.3, 0.4) is 0 Å². The Morgan fingerprint density at radius 2 is 0.902 bits per heavy atom. The first kappa shape index (κ1) is 38.9. The van der Waals surface area contributed by atoms with Crippen LogP contribution >= 0.6 is 0 Å². The van der Waals surface area contributed by atoms with E-state index in [9.17, 15) is 0 Å². The Labute approximate surface area is 366 Å². The molecule has 0 spiro atoms. The molecule has 0 unspecified atom stereocenters. The van der Waals surface area contributed by atoms with Crippen molar-refractivity contribution in [2.24, 2.45) is 0 Å². The third-order valence-electron chi connectivity index (χ3n) is 11.8. The average molecular weight is 752 g/mol. The van der Waals surface area contributed by atoms with Crippen molar-refractivity contribution in [1.82, 2.24) is 0 Å². The van der Waals surface area contributed by atoms with Crippen molar-refractivity contribution in [3.05, 3.63) is 146 Å². The summed E-state index contributed by atoms with van der Waals surface area (Å²) < 4.78 is 6.55. The number of anilines is 3. The molecule has 0 saturated heterocycles. The van der Waals surface area contributed by atoms with Crippen molar-refractivity contribution in [3.8, 4) is 33.4 Å². The molecule has 10 aromatic rings. The molecule has 2 nitrogen and oxygen atoms in total. The molecule has 0 aliphatic rings. The summed E-state index contributed by atoms with van der Waals surface area (Å²) in [7, 11) is 59.8. The molecule has 262 valence electrons. The first-order valence-corrected chi connectivity index (χ1v) is 19.6. The summed E-state index contributed by atoms with van der Waals surface area (Å²) in [5.41, 5.74) is 8.57. The van der Waals surface area contributed by atoms with Crippen LogP contribution in [0.5, 0.6) is 0 Å². The Balaban J connectivity index is 1.19. The van der Waals surface area contributed by atoms with Gasteiger partial charge in [-0.15, -0.1) is 16.4 Å². The summed E-state index contributed by atoms with van der Waals surface area (Å²) >= 11 is 0. The lowest BCUT2D eigenvalue weighted by Crippen LogP contribution is -2.57. The molecule has 0 saturated carbocycles. The zero-order valence-corrected chi connectivity index (χ0v) is 32.9. The lowest BCUT2D eigenvalue weighted by atomic mass is 9.56. The van der Waals surface area contributed by atoms with Crippen LogP contribution in [-0.4, -0.2) is 70.6 Å². The van der Waals surface area contributed by atoms with Gasteiger partial charge in [0.1, 0.15) is 81.8 Å². The normalized spacial score (nSPS) is 11.5. The number of nitrogens with zero attached hydrogens (tertiary/aromatic N) is 1. The minimum atomic E-state index is 0.0417. The summed E-state index contributed by atoms with van der Waals surface area (Å²) in [5, 5.41) is 6.46. The second-order valence-corrected chi connectivity index (χ2v) is 15.2. The summed E-state index contributed by atoms with van der Waals surface area (Å²) in [6.45, 7) is 0. The molecule has 9 aromatic carbocycles. The molecule has 10 rings (SSSR count). The highest BCUT2D eigenvalue weighted by Gasteiger charge is 2.25. The van der Waals surface area contributed by atoms with Crippen molar-refractivity contribution < 1.29 is 4.42 Å². The molecule has 0 N–H and O–H groups in total. The third-order valence-corrected chi connectivity index (χ3v) is 11.8. The van der Waals surface area contributed by atoms with Crippen LogP contribution in [0, 0.1) is 0 Å². The topological polar surface area (TPSA) is 16.4 Å². The lowest BCUT2D eigenvalue weighted by molar-refractivity contribution is 0.673. The number of benzene rings is 9. The van der Waals surface area contributed by atoms with Crippen LogP contribution in [0.25, 0.3) is 76.9 Å². The monoisotopic (exact) mass is 753 g/mol. The minimum Gasteiger partial charge on any atom is -0.455 e. The van der Waals surface area contributed by atoms with E-state index >= 15 is 0 Å². The van der Waals surface area contributed by atoms with Gasteiger partial charge in [-0.05, 0) is 85.9 Å². The molecule has 0 bridgehead atoms. The van der Waals surface area contributed by atoms with Gasteiger partial charge >= 0.3 is 0 Å². The molecule has 18 radical (unpaired) electrons. The van der Waals surface area contributed by atoms with E-state index in [1.165, 1.54) is 0 Å². The maximum atomic E-state index is 7.09. The molecule has 0 amide bonds. The van der Waals surface area contributed by atoms with Crippen LogP contribution in [-0.2, 0) is 0 Å². The second-order valence-electron chi connectivity index (χ2n) is 15.2. The van der Waals surface area contributed by atoms with Crippen LogP contribution in [0.2, 0.25) is 0 Å². The van der Waals surface area contributed by atoms with Gasteiger partial charge in [-0.25, -0.2) is 0 Å². The Morgan fingerprint density at radius 1 is 0.361 bits per heavy atom. The molecule has 11 heteroatoms. The number of rotatable bonds is 6. The second kappa shape index (κ2) is 15.0. The number of fused-ring (bicyclic) bond motifs is 6. The van der Waals surface area contributed by atoms with E-state index in [4.69, 9.17) is 75.0 Å². The maximum Gasteiger partial charge on any atom is 0.143 e. The van der Waals surface area contributed by atoms with Crippen molar-refractivity contribution in [3.63, 3.8) is 0 Å². The smallest absolute Gasteiger partial charge is 0.143 e. The number of furan rings is 1. The SMILES string of the molecule is [B]c1c([B])c([B])c(-c2c([B])c([B])c(N(c3ccc(-c4cccc5ccccc45)cc3)c3cccc(-c4cccc5oc6c7ccccc7ccc6c45)c3)c([B])c2[B])c([B])c1[B]. The summed E-state index contributed by atoms with van der Waals surface area (Å²) in [6.07, 6.45) is 0. The Morgan fingerprint density at radius 3 is 1.59 bits per heavy atom. The molecule has 0 atom stereocenters. The summed E-state index contributed by atoms with van der Waals surface area (Å²) in [4.78, 5) is 1.96. The molecular weight excluding hydrogens is 728 g/mol. The highest BCUT2D eigenvalue weighted by atomic mass is 16.3. The number of hydrogen-bond donors (Lipinski definition) is 0. The standard InChI is InChI=1S/C50H24B9NO/c51-40-38(41(52)45(56)46(57)44(40)55)39-42(53)47(58)49(48(59)43(39)54)60(29-21-18-27(19-22-29)32-15-6-10-25-8-1-3-13-31(25)32)30-12-5-11-28(24-30)33-16-7-17-36-37(33)35-23-20-26-9-2-4-14-34(26)50(35)61-36/h1-24H. The van der Waals surface area contributed by atoms with Gasteiger partial charge in [-0.3, -0.25) is 0 Å². The van der Waals surface area contributed by atoms with Crippen molar-refractivity contribution in [2.45, 2.75) is 0 Å². The summed E-state index contributed by atoms with van der Waals surface area (Å²) in [5.74, 6) is 0. The van der Waals surface area contributed by atoms with E-state index in [1.54, 1.807) is 0 Å². The molecule has 1 heterocycles. The predicted molar refractivity (Wildman–Crippen MR) is 268 cm³/mol. The van der Waals surface area contributed by atoms with Crippen LogP contribution in [0.15, 0.2) is 150 Å². The van der Waals surface area contributed by atoms with E-state index in [0.29, 0.717) is 5.69 Å². The van der Waals surface area contributed by atoms with Crippen molar-refractivity contribution >= 4 is 180 Å². The fourth-order valence-corrected chi connectivity index (χ4v) is 8.73. The van der Waals surface area contributed by atoms with E-state index in [2.05, 4.69) is 84.9 Å². The van der Waals surface area contributed by atoms with Gasteiger partial charge in [0, 0.05) is 33.2 Å². The average Bonchev–Trinajstić information content (AvgIpc) is 3.69. The van der Waals surface area contributed by atoms with Gasteiger partial charge in [0.25, 0.3) is 0 Å². The van der Waals surface area contributed by atoms with Gasteiger partial charge in [0.2, 0.25) is 0 Å². The quantitative estimate of drug-likeness (QED) is 0.242. The van der Waals surface area contributed by atoms with Gasteiger partial charge in [0.05, 0.1) is 0 Å². The molecule has 0 aliphatic carbocycles. The van der Waals surface area contributed by atoms with Gasteiger partial charge in [-0.2, -0.15) is 0 Å². The molecule has 0 fully saturated rings.